The Morgan fingerprint density at radius 1 is 1.53 bits per heavy atom. The van der Waals surface area contributed by atoms with Gasteiger partial charge in [-0.3, -0.25) is 4.79 Å². The minimum absolute atomic E-state index is 0.0222. The van der Waals surface area contributed by atoms with Crippen LogP contribution in [-0.2, 0) is 0 Å². The predicted molar refractivity (Wildman–Crippen MR) is 66.2 cm³/mol. The molecule has 1 aromatic carbocycles. The van der Waals surface area contributed by atoms with E-state index in [9.17, 15) is 9.90 Å². The van der Waals surface area contributed by atoms with E-state index in [0.717, 1.165) is 12.8 Å². The molecule has 5 heteroatoms. The van der Waals surface area contributed by atoms with E-state index in [0.29, 0.717) is 18.1 Å². The Morgan fingerprint density at radius 3 is 3.00 bits per heavy atom. The molecule has 2 rings (SSSR count). The van der Waals surface area contributed by atoms with Gasteiger partial charge >= 0.3 is 0 Å². The van der Waals surface area contributed by atoms with Crippen molar-refractivity contribution in [3.63, 3.8) is 0 Å². The van der Waals surface area contributed by atoms with Gasteiger partial charge in [0.15, 0.2) is 0 Å². The SMILES string of the molecule is NC1CCCN(C(=O)c2cc(Cl)ccc2O)C1. The number of likely N-dealkylation sites (tertiary alicyclic amines) is 1. The molecule has 3 N–H and O–H groups in total. The van der Waals surface area contributed by atoms with Crippen LogP contribution in [0.5, 0.6) is 5.75 Å². The van der Waals surface area contributed by atoms with Crippen LogP contribution < -0.4 is 5.73 Å². The maximum Gasteiger partial charge on any atom is 0.257 e. The Labute approximate surface area is 105 Å². The minimum atomic E-state index is -0.208. The van der Waals surface area contributed by atoms with Gasteiger partial charge in [-0.05, 0) is 31.0 Å². The van der Waals surface area contributed by atoms with E-state index in [1.54, 1.807) is 11.0 Å². The number of benzene rings is 1. The standard InChI is InChI=1S/C12H15ClN2O2/c13-8-3-4-11(16)10(6-8)12(17)15-5-1-2-9(14)7-15/h3-4,6,9,16H,1-2,5,7,14H2. The highest BCUT2D eigenvalue weighted by molar-refractivity contribution is 6.31. The number of nitrogens with two attached hydrogens (primary N) is 1. The van der Waals surface area contributed by atoms with E-state index in [4.69, 9.17) is 17.3 Å². The number of carbonyl (C=O) groups excluding carboxylic acids is 1. The second-order valence-electron chi connectivity index (χ2n) is 4.31. The summed E-state index contributed by atoms with van der Waals surface area (Å²) in [5, 5.41) is 10.1. The van der Waals surface area contributed by atoms with Crippen molar-refractivity contribution in [1.82, 2.24) is 4.90 Å². The van der Waals surface area contributed by atoms with Crippen molar-refractivity contribution in [2.75, 3.05) is 13.1 Å². The smallest absolute Gasteiger partial charge is 0.257 e. The topological polar surface area (TPSA) is 66.6 Å². The van der Waals surface area contributed by atoms with Crippen molar-refractivity contribution in [3.8, 4) is 5.75 Å². The average molecular weight is 255 g/mol. The number of hydrogen-bond acceptors (Lipinski definition) is 3. The summed E-state index contributed by atoms with van der Waals surface area (Å²) in [5.74, 6) is -0.251. The van der Waals surface area contributed by atoms with Crippen LogP contribution in [0, 0.1) is 0 Å². The Bertz CT molecular complexity index is 437. The van der Waals surface area contributed by atoms with Gasteiger partial charge in [-0.1, -0.05) is 11.6 Å². The first-order valence-corrected chi connectivity index (χ1v) is 5.99. The fourth-order valence-corrected chi connectivity index (χ4v) is 2.22. The molecule has 0 spiro atoms. The quantitative estimate of drug-likeness (QED) is 0.800. The van der Waals surface area contributed by atoms with Gasteiger partial charge in [0.25, 0.3) is 5.91 Å². The predicted octanol–water partition coefficient (Wildman–Crippen LogP) is 1.61. The molecule has 1 atom stereocenters. The number of carbonyl (C=O) groups is 1. The molecule has 17 heavy (non-hydrogen) atoms. The highest BCUT2D eigenvalue weighted by atomic mass is 35.5. The maximum absolute atomic E-state index is 12.2. The van der Waals surface area contributed by atoms with Gasteiger partial charge in [0.1, 0.15) is 5.75 Å². The molecule has 0 saturated carbocycles. The van der Waals surface area contributed by atoms with Crippen molar-refractivity contribution in [3.05, 3.63) is 28.8 Å². The van der Waals surface area contributed by atoms with Crippen LogP contribution in [0.3, 0.4) is 0 Å². The number of aromatic hydroxyl groups is 1. The van der Waals surface area contributed by atoms with Crippen LogP contribution in [0.2, 0.25) is 5.02 Å². The van der Waals surface area contributed by atoms with E-state index < -0.39 is 0 Å². The lowest BCUT2D eigenvalue weighted by Crippen LogP contribution is -2.45. The molecule has 0 bridgehead atoms. The van der Waals surface area contributed by atoms with E-state index in [2.05, 4.69) is 0 Å². The molecule has 1 fully saturated rings. The molecule has 1 amide bonds. The van der Waals surface area contributed by atoms with Gasteiger partial charge in [0, 0.05) is 24.2 Å². The van der Waals surface area contributed by atoms with Crippen molar-refractivity contribution in [2.24, 2.45) is 5.73 Å². The zero-order chi connectivity index (χ0) is 12.4. The Morgan fingerprint density at radius 2 is 2.29 bits per heavy atom. The highest BCUT2D eigenvalue weighted by Crippen LogP contribution is 2.24. The Balaban J connectivity index is 2.21. The molecular weight excluding hydrogens is 240 g/mol. The summed E-state index contributed by atoms with van der Waals surface area (Å²) >= 11 is 5.82. The molecule has 0 aromatic heterocycles. The minimum Gasteiger partial charge on any atom is -0.507 e. The summed E-state index contributed by atoms with van der Waals surface area (Å²) in [6.45, 7) is 1.21. The van der Waals surface area contributed by atoms with E-state index >= 15 is 0 Å². The van der Waals surface area contributed by atoms with Crippen molar-refractivity contribution < 1.29 is 9.90 Å². The lowest BCUT2D eigenvalue weighted by Gasteiger charge is -2.31. The average Bonchev–Trinajstić information content (AvgIpc) is 2.31. The molecule has 1 aliphatic rings. The maximum atomic E-state index is 12.2. The van der Waals surface area contributed by atoms with Crippen LogP contribution in [-0.4, -0.2) is 35.0 Å². The summed E-state index contributed by atoms with van der Waals surface area (Å²) in [7, 11) is 0. The van der Waals surface area contributed by atoms with Gasteiger partial charge in [-0.2, -0.15) is 0 Å². The number of nitrogens with zero attached hydrogens (tertiary/aromatic N) is 1. The Hall–Kier alpha value is -1.26. The number of amides is 1. The third-order valence-corrected chi connectivity index (χ3v) is 3.17. The highest BCUT2D eigenvalue weighted by Gasteiger charge is 2.24. The van der Waals surface area contributed by atoms with Crippen LogP contribution in [0.15, 0.2) is 18.2 Å². The fourth-order valence-electron chi connectivity index (χ4n) is 2.04. The summed E-state index contributed by atoms with van der Waals surface area (Å²) in [5.41, 5.74) is 6.07. The van der Waals surface area contributed by atoms with Gasteiger partial charge in [0.2, 0.25) is 0 Å². The summed E-state index contributed by atoms with van der Waals surface area (Å²) in [6.07, 6.45) is 1.83. The normalized spacial score (nSPS) is 20.4. The third-order valence-electron chi connectivity index (χ3n) is 2.93. The zero-order valence-electron chi connectivity index (χ0n) is 9.40. The Kier molecular flexibility index (Phi) is 3.54. The number of halogens is 1. The molecule has 1 aromatic rings. The first-order valence-electron chi connectivity index (χ1n) is 5.61. The van der Waals surface area contributed by atoms with Gasteiger partial charge < -0.3 is 15.7 Å². The number of rotatable bonds is 1. The molecule has 1 unspecified atom stereocenters. The second-order valence-corrected chi connectivity index (χ2v) is 4.75. The second kappa shape index (κ2) is 4.94. The zero-order valence-corrected chi connectivity index (χ0v) is 10.2. The number of piperidine rings is 1. The monoisotopic (exact) mass is 254 g/mol. The van der Waals surface area contributed by atoms with Crippen molar-refractivity contribution in [2.45, 2.75) is 18.9 Å². The van der Waals surface area contributed by atoms with E-state index in [1.165, 1.54) is 12.1 Å². The fraction of sp³-hybridized carbons (Fsp3) is 0.417. The van der Waals surface area contributed by atoms with Crippen LogP contribution in [0.1, 0.15) is 23.2 Å². The molecule has 92 valence electrons. The van der Waals surface area contributed by atoms with Gasteiger partial charge in [-0.25, -0.2) is 0 Å². The molecule has 1 aliphatic heterocycles. The molecular formula is C12H15ClN2O2. The van der Waals surface area contributed by atoms with Crippen molar-refractivity contribution in [1.29, 1.82) is 0 Å². The number of hydrogen-bond donors (Lipinski definition) is 2. The number of phenolic OH excluding ortho intramolecular Hbond substituents is 1. The molecule has 0 aliphatic carbocycles. The summed E-state index contributed by atoms with van der Waals surface area (Å²) in [4.78, 5) is 13.8. The lowest BCUT2D eigenvalue weighted by molar-refractivity contribution is 0.0706. The van der Waals surface area contributed by atoms with Gasteiger partial charge in [-0.15, -0.1) is 0 Å². The summed E-state index contributed by atoms with van der Waals surface area (Å²) < 4.78 is 0. The first-order chi connectivity index (χ1) is 8.08. The largest absolute Gasteiger partial charge is 0.507 e. The molecule has 4 nitrogen and oxygen atoms in total. The van der Waals surface area contributed by atoms with Crippen molar-refractivity contribution >= 4 is 17.5 Å². The van der Waals surface area contributed by atoms with Gasteiger partial charge in [0.05, 0.1) is 5.56 Å². The first kappa shape index (κ1) is 12.2. The van der Waals surface area contributed by atoms with Crippen LogP contribution in [0.25, 0.3) is 0 Å². The van der Waals surface area contributed by atoms with E-state index in [1.807, 2.05) is 0 Å². The molecule has 1 saturated heterocycles. The van der Waals surface area contributed by atoms with Crippen LogP contribution in [0.4, 0.5) is 0 Å². The molecule has 1 heterocycles. The van der Waals surface area contributed by atoms with Crippen LogP contribution >= 0.6 is 11.6 Å². The van der Waals surface area contributed by atoms with E-state index in [-0.39, 0.29) is 23.3 Å². The summed E-state index contributed by atoms with van der Waals surface area (Å²) in [6, 6.07) is 4.49. The number of phenols is 1. The molecule has 0 radical (unpaired) electrons. The lowest BCUT2D eigenvalue weighted by atomic mass is 10.1. The third kappa shape index (κ3) is 2.70.